The maximum absolute atomic E-state index is 12.5. The van der Waals surface area contributed by atoms with Crippen LogP contribution >= 0.6 is 0 Å². The lowest BCUT2D eigenvalue weighted by molar-refractivity contribution is -0.141. The highest BCUT2D eigenvalue weighted by atomic mass is 16.4. The molecule has 1 aliphatic carbocycles. The Kier molecular flexibility index (Phi) is 4.20. The number of rotatable bonds is 4. The lowest BCUT2D eigenvalue weighted by Crippen LogP contribution is -2.35. The fourth-order valence-electron chi connectivity index (χ4n) is 2.72. The van der Waals surface area contributed by atoms with Gasteiger partial charge in [-0.15, -0.1) is 0 Å². The predicted molar refractivity (Wildman–Crippen MR) is 72.9 cm³/mol. The first-order chi connectivity index (χ1) is 9.13. The van der Waals surface area contributed by atoms with Crippen molar-refractivity contribution in [1.29, 1.82) is 0 Å². The molecule has 2 atom stereocenters. The maximum Gasteiger partial charge on any atom is 0.306 e. The number of amides is 1. The summed E-state index contributed by atoms with van der Waals surface area (Å²) < 4.78 is 0. The number of benzene rings is 1. The molecule has 102 valence electrons. The second-order valence-electron chi connectivity index (χ2n) is 4.96. The molecule has 1 aromatic rings. The van der Waals surface area contributed by atoms with Crippen molar-refractivity contribution in [2.24, 2.45) is 11.8 Å². The Bertz CT molecular complexity index is 458. The third-order valence-corrected chi connectivity index (χ3v) is 3.78. The molecule has 0 bridgehead atoms. The lowest BCUT2D eigenvalue weighted by atomic mass is 10.0. The standard InChI is InChI=1S/C15H19NO3/c1-2-16(13-6-4-3-5-7-13)14(17)11-8-9-12(10-11)15(18)19/h3-7,11-12H,2,8-10H2,1H3,(H,18,19)/t11-,12+/m1/s1. The number of hydrogen-bond donors (Lipinski definition) is 1. The van der Waals surface area contributed by atoms with Crippen LogP contribution in [0.1, 0.15) is 26.2 Å². The number of anilines is 1. The van der Waals surface area contributed by atoms with Gasteiger partial charge in [0, 0.05) is 18.2 Å². The maximum atomic E-state index is 12.5. The van der Waals surface area contributed by atoms with E-state index in [1.165, 1.54) is 0 Å². The average Bonchev–Trinajstić information content (AvgIpc) is 2.90. The van der Waals surface area contributed by atoms with Crippen LogP contribution in [0.4, 0.5) is 5.69 Å². The highest BCUT2D eigenvalue weighted by molar-refractivity contribution is 5.95. The van der Waals surface area contributed by atoms with Crippen LogP contribution in [0.25, 0.3) is 0 Å². The number of carbonyl (C=O) groups is 2. The minimum absolute atomic E-state index is 0.0532. The van der Waals surface area contributed by atoms with Gasteiger partial charge in [0.1, 0.15) is 0 Å². The van der Waals surface area contributed by atoms with E-state index in [-0.39, 0.29) is 17.7 Å². The molecule has 1 N–H and O–H groups in total. The van der Waals surface area contributed by atoms with Gasteiger partial charge in [-0.2, -0.15) is 0 Å². The van der Waals surface area contributed by atoms with E-state index >= 15 is 0 Å². The molecule has 0 radical (unpaired) electrons. The van der Waals surface area contributed by atoms with Crippen LogP contribution in [-0.4, -0.2) is 23.5 Å². The van der Waals surface area contributed by atoms with Gasteiger partial charge in [-0.05, 0) is 38.3 Å². The van der Waals surface area contributed by atoms with Crippen LogP contribution in [0.5, 0.6) is 0 Å². The van der Waals surface area contributed by atoms with Crippen molar-refractivity contribution in [3.05, 3.63) is 30.3 Å². The summed E-state index contributed by atoms with van der Waals surface area (Å²) in [6.45, 7) is 2.55. The molecule has 4 heteroatoms. The highest BCUT2D eigenvalue weighted by Gasteiger charge is 2.35. The Hall–Kier alpha value is -1.84. The van der Waals surface area contributed by atoms with E-state index in [1.807, 2.05) is 37.3 Å². The second-order valence-corrected chi connectivity index (χ2v) is 4.96. The van der Waals surface area contributed by atoms with Crippen LogP contribution in [0.3, 0.4) is 0 Å². The van der Waals surface area contributed by atoms with Crippen molar-refractivity contribution in [2.45, 2.75) is 26.2 Å². The molecule has 1 aromatic carbocycles. The van der Waals surface area contributed by atoms with Crippen LogP contribution in [0.2, 0.25) is 0 Å². The average molecular weight is 261 g/mol. The molecule has 1 saturated carbocycles. The summed E-state index contributed by atoms with van der Waals surface area (Å²) in [5, 5.41) is 9.00. The minimum atomic E-state index is -0.780. The molecule has 0 unspecified atom stereocenters. The van der Waals surface area contributed by atoms with Gasteiger partial charge in [0.05, 0.1) is 5.92 Å². The van der Waals surface area contributed by atoms with Crippen molar-refractivity contribution in [1.82, 2.24) is 0 Å². The third-order valence-electron chi connectivity index (χ3n) is 3.78. The zero-order valence-corrected chi connectivity index (χ0v) is 11.1. The molecule has 0 heterocycles. The van der Waals surface area contributed by atoms with E-state index in [0.717, 1.165) is 5.69 Å². The van der Waals surface area contributed by atoms with Crippen molar-refractivity contribution >= 4 is 17.6 Å². The molecule has 0 saturated heterocycles. The van der Waals surface area contributed by atoms with Gasteiger partial charge in [-0.1, -0.05) is 18.2 Å². The molecule has 2 rings (SSSR count). The van der Waals surface area contributed by atoms with Crippen LogP contribution in [0, 0.1) is 11.8 Å². The number of carbonyl (C=O) groups excluding carboxylic acids is 1. The molecule has 0 aliphatic heterocycles. The fraction of sp³-hybridized carbons (Fsp3) is 0.467. The second kappa shape index (κ2) is 5.87. The van der Waals surface area contributed by atoms with Gasteiger partial charge in [-0.3, -0.25) is 9.59 Å². The van der Waals surface area contributed by atoms with E-state index in [4.69, 9.17) is 5.11 Å². The Morgan fingerprint density at radius 3 is 2.37 bits per heavy atom. The number of carboxylic acids is 1. The van der Waals surface area contributed by atoms with Gasteiger partial charge in [0.15, 0.2) is 0 Å². The smallest absolute Gasteiger partial charge is 0.306 e. The van der Waals surface area contributed by atoms with Gasteiger partial charge < -0.3 is 10.0 Å². The number of carboxylic acid groups (broad SMARTS) is 1. The van der Waals surface area contributed by atoms with Crippen molar-refractivity contribution in [2.75, 3.05) is 11.4 Å². The summed E-state index contributed by atoms with van der Waals surface area (Å²) in [5.41, 5.74) is 0.883. The van der Waals surface area contributed by atoms with Crippen molar-refractivity contribution < 1.29 is 14.7 Å². The van der Waals surface area contributed by atoms with Crippen LogP contribution in [0.15, 0.2) is 30.3 Å². The Morgan fingerprint density at radius 1 is 1.21 bits per heavy atom. The first-order valence-corrected chi connectivity index (χ1v) is 6.72. The monoisotopic (exact) mass is 261 g/mol. The molecule has 1 amide bonds. The van der Waals surface area contributed by atoms with Gasteiger partial charge in [0.25, 0.3) is 0 Å². The quantitative estimate of drug-likeness (QED) is 0.906. The number of para-hydroxylation sites is 1. The summed E-state index contributed by atoms with van der Waals surface area (Å²) in [5.74, 6) is -1.24. The molecular formula is C15H19NO3. The van der Waals surface area contributed by atoms with Crippen molar-refractivity contribution in [3.8, 4) is 0 Å². The lowest BCUT2D eigenvalue weighted by Gasteiger charge is -2.24. The summed E-state index contributed by atoms with van der Waals surface area (Å²) >= 11 is 0. The topological polar surface area (TPSA) is 57.6 Å². The molecule has 0 aromatic heterocycles. The van der Waals surface area contributed by atoms with Gasteiger partial charge in [-0.25, -0.2) is 0 Å². The number of aliphatic carboxylic acids is 1. The Labute approximate surface area is 113 Å². The number of nitrogens with zero attached hydrogens (tertiary/aromatic N) is 1. The summed E-state index contributed by atoms with van der Waals surface area (Å²) in [4.78, 5) is 25.2. The zero-order chi connectivity index (χ0) is 13.8. The summed E-state index contributed by atoms with van der Waals surface area (Å²) in [7, 11) is 0. The normalized spacial score (nSPS) is 22.2. The van der Waals surface area contributed by atoms with Crippen LogP contribution in [-0.2, 0) is 9.59 Å². The SMILES string of the molecule is CCN(C(=O)[C@@H]1CC[C@H](C(=O)O)C1)c1ccccc1. The summed E-state index contributed by atoms with van der Waals surface area (Å²) in [6.07, 6.45) is 1.76. The molecule has 0 spiro atoms. The van der Waals surface area contributed by atoms with Crippen molar-refractivity contribution in [3.63, 3.8) is 0 Å². The summed E-state index contributed by atoms with van der Waals surface area (Å²) in [6, 6.07) is 9.54. The van der Waals surface area contributed by atoms with E-state index in [2.05, 4.69) is 0 Å². The van der Waals surface area contributed by atoms with Gasteiger partial charge >= 0.3 is 5.97 Å². The molecule has 1 fully saturated rings. The van der Waals surface area contributed by atoms with E-state index < -0.39 is 5.97 Å². The van der Waals surface area contributed by atoms with E-state index in [1.54, 1.807) is 4.90 Å². The van der Waals surface area contributed by atoms with E-state index in [9.17, 15) is 9.59 Å². The molecular weight excluding hydrogens is 242 g/mol. The first-order valence-electron chi connectivity index (χ1n) is 6.72. The Morgan fingerprint density at radius 2 is 1.84 bits per heavy atom. The van der Waals surface area contributed by atoms with E-state index in [0.29, 0.717) is 25.8 Å². The van der Waals surface area contributed by atoms with Gasteiger partial charge in [0.2, 0.25) is 5.91 Å². The minimum Gasteiger partial charge on any atom is -0.481 e. The number of hydrogen-bond acceptors (Lipinski definition) is 2. The zero-order valence-electron chi connectivity index (χ0n) is 11.1. The largest absolute Gasteiger partial charge is 0.481 e. The highest BCUT2D eigenvalue weighted by Crippen LogP contribution is 2.33. The molecule has 19 heavy (non-hydrogen) atoms. The van der Waals surface area contributed by atoms with Crippen LogP contribution < -0.4 is 4.90 Å². The third kappa shape index (κ3) is 2.95. The molecule has 1 aliphatic rings. The first kappa shape index (κ1) is 13.6. The fourth-order valence-corrected chi connectivity index (χ4v) is 2.72. The predicted octanol–water partition coefficient (Wildman–Crippen LogP) is 2.54. The molecule has 4 nitrogen and oxygen atoms in total. The Balaban J connectivity index is 2.08.